The first-order chi connectivity index (χ1) is 24.8. The van der Waals surface area contributed by atoms with Gasteiger partial charge in [-0.2, -0.15) is 0 Å². The minimum atomic E-state index is 1.22. The van der Waals surface area contributed by atoms with Crippen LogP contribution in [0.4, 0.5) is 0 Å². The van der Waals surface area contributed by atoms with Crippen LogP contribution in [0.15, 0.2) is 164 Å². The first-order valence-corrected chi connectivity index (χ1v) is 18.1. The molecule has 9 aromatic carbocycles. The van der Waals surface area contributed by atoms with E-state index in [1.54, 1.807) is 0 Å². The lowest BCUT2D eigenvalue weighted by Crippen LogP contribution is -1.87. The largest absolute Gasteiger partial charge is 0.308 e. The maximum atomic E-state index is 2.53. The van der Waals surface area contributed by atoms with Gasteiger partial charge >= 0.3 is 0 Å². The van der Waals surface area contributed by atoms with Crippen molar-refractivity contribution < 1.29 is 0 Å². The summed E-state index contributed by atoms with van der Waals surface area (Å²) in [5.74, 6) is 0. The minimum absolute atomic E-state index is 1.22. The molecule has 0 aliphatic heterocycles. The van der Waals surface area contributed by atoms with Crippen LogP contribution < -0.4 is 0 Å². The third-order valence-corrected chi connectivity index (χ3v) is 12.2. The lowest BCUT2D eigenvalue weighted by atomic mass is 9.92. The summed E-state index contributed by atoms with van der Waals surface area (Å²) in [4.78, 5) is 0. The van der Waals surface area contributed by atoms with Crippen molar-refractivity contribution in [2.45, 2.75) is 0 Å². The van der Waals surface area contributed by atoms with E-state index in [1.165, 1.54) is 112 Å². The summed E-state index contributed by atoms with van der Waals surface area (Å²) in [5.41, 5.74) is 6.18. The van der Waals surface area contributed by atoms with Gasteiger partial charge in [0.05, 0.1) is 16.6 Å². The maximum Gasteiger partial charge on any atom is 0.0619 e. The molecule has 0 saturated carbocycles. The zero-order valence-corrected chi connectivity index (χ0v) is 27.8. The normalized spacial score (nSPS) is 12.4. The lowest BCUT2D eigenvalue weighted by molar-refractivity contribution is 1.35. The molecule has 3 heterocycles. The van der Waals surface area contributed by atoms with E-state index < -0.39 is 0 Å². The molecular formula is C48H27NS. The van der Waals surface area contributed by atoms with Crippen LogP contribution in [0.25, 0.3) is 112 Å². The van der Waals surface area contributed by atoms with Crippen molar-refractivity contribution in [1.29, 1.82) is 0 Å². The molecule has 0 aliphatic rings. The van der Waals surface area contributed by atoms with E-state index in [4.69, 9.17) is 0 Å². The molecular weight excluding hydrogens is 623 g/mol. The Morgan fingerprint density at radius 3 is 1.42 bits per heavy atom. The molecule has 12 aromatic rings. The number of thiophene rings is 1. The molecule has 1 nitrogen and oxygen atoms in total. The number of benzene rings is 9. The SMILES string of the molecule is c1ccc2c(c1)c1ccccc1c1cc(-c3ccc4c(c3)c3cccc5c6cccc7sc8cccc(c9ccccc9n4c53)c8c76)ccc21. The lowest BCUT2D eigenvalue weighted by Gasteiger charge is -2.12. The van der Waals surface area contributed by atoms with Crippen molar-refractivity contribution in [3.63, 3.8) is 0 Å². The third kappa shape index (κ3) is 3.41. The smallest absolute Gasteiger partial charge is 0.0619 e. The van der Waals surface area contributed by atoms with Crippen molar-refractivity contribution in [2.24, 2.45) is 0 Å². The van der Waals surface area contributed by atoms with Gasteiger partial charge in [-0.1, -0.05) is 127 Å². The Balaban J connectivity index is 1.24. The third-order valence-electron chi connectivity index (χ3n) is 11.1. The van der Waals surface area contributed by atoms with E-state index in [2.05, 4.69) is 168 Å². The van der Waals surface area contributed by atoms with Crippen molar-refractivity contribution >= 4 is 113 Å². The van der Waals surface area contributed by atoms with Gasteiger partial charge < -0.3 is 4.40 Å². The summed E-state index contributed by atoms with van der Waals surface area (Å²) in [6.45, 7) is 0. The predicted octanol–water partition coefficient (Wildman–Crippen LogP) is 14.0. The number of aromatic nitrogens is 1. The number of hydrogen-bond acceptors (Lipinski definition) is 1. The van der Waals surface area contributed by atoms with Crippen LogP contribution in [-0.2, 0) is 0 Å². The van der Waals surface area contributed by atoms with Crippen molar-refractivity contribution in [2.75, 3.05) is 0 Å². The Bertz CT molecular complexity index is 3400. The zero-order valence-electron chi connectivity index (χ0n) is 26.9. The second-order valence-electron chi connectivity index (χ2n) is 13.6. The summed E-state index contributed by atoms with van der Waals surface area (Å²) in [6.07, 6.45) is 0. The molecule has 3 aromatic heterocycles. The first-order valence-electron chi connectivity index (χ1n) is 17.3. The molecule has 0 saturated heterocycles. The van der Waals surface area contributed by atoms with Gasteiger partial charge in [0.1, 0.15) is 0 Å². The Morgan fingerprint density at radius 1 is 0.300 bits per heavy atom. The highest BCUT2D eigenvalue weighted by atomic mass is 32.1. The Labute approximate surface area is 290 Å². The number of para-hydroxylation sites is 2. The summed E-state index contributed by atoms with van der Waals surface area (Å²) >= 11 is 1.90. The van der Waals surface area contributed by atoms with E-state index in [0.29, 0.717) is 0 Å². The molecule has 0 N–H and O–H groups in total. The molecule has 0 fully saturated rings. The van der Waals surface area contributed by atoms with Gasteiger partial charge in [-0.25, -0.2) is 0 Å². The van der Waals surface area contributed by atoms with Crippen LogP contribution in [0.3, 0.4) is 0 Å². The zero-order chi connectivity index (χ0) is 32.5. The average Bonchev–Trinajstić information content (AvgIpc) is 3.74. The fourth-order valence-corrected chi connectivity index (χ4v) is 10.2. The topological polar surface area (TPSA) is 4.41 Å². The molecule has 0 unspecified atom stereocenters. The van der Waals surface area contributed by atoms with Crippen LogP contribution >= 0.6 is 11.3 Å². The first kappa shape index (κ1) is 26.7. The standard InChI is InChI=1S/C48H27NS/c1-2-12-32-30(10-1)31-11-3-4-13-33(31)40-26-28(22-24-34(32)40)29-23-25-43-41(27-29)39-18-7-17-38-37-16-9-21-45-47(37)46-36(15-8-20-44(46)50-45)35-14-5-6-19-42(35)49(43)48(38)39/h1-27H. The quantitative estimate of drug-likeness (QED) is 0.156. The van der Waals surface area contributed by atoms with Gasteiger partial charge in [0.15, 0.2) is 0 Å². The van der Waals surface area contributed by atoms with Crippen molar-refractivity contribution in [3.05, 3.63) is 164 Å². The number of rotatable bonds is 1. The molecule has 0 spiro atoms. The highest BCUT2D eigenvalue weighted by Gasteiger charge is 2.18. The number of fused-ring (bicyclic) bond motifs is 13. The van der Waals surface area contributed by atoms with Crippen LogP contribution in [0.2, 0.25) is 0 Å². The van der Waals surface area contributed by atoms with Gasteiger partial charge in [-0.15, -0.1) is 11.3 Å². The van der Waals surface area contributed by atoms with Crippen LogP contribution in [0.1, 0.15) is 0 Å². The second kappa shape index (κ2) is 9.69. The van der Waals surface area contributed by atoms with Gasteiger partial charge in [0.2, 0.25) is 0 Å². The second-order valence-corrected chi connectivity index (χ2v) is 14.7. The Hall–Kier alpha value is -6.22. The fraction of sp³-hybridized carbons (Fsp3) is 0. The van der Waals surface area contributed by atoms with Crippen LogP contribution in [0.5, 0.6) is 0 Å². The van der Waals surface area contributed by atoms with Gasteiger partial charge in [0.25, 0.3) is 0 Å². The Morgan fingerprint density at radius 2 is 0.740 bits per heavy atom. The predicted molar refractivity (Wildman–Crippen MR) is 218 cm³/mol. The molecule has 0 amide bonds. The molecule has 0 atom stereocenters. The van der Waals surface area contributed by atoms with E-state index in [1.807, 2.05) is 11.3 Å². The molecule has 0 aliphatic carbocycles. The van der Waals surface area contributed by atoms with Crippen molar-refractivity contribution in [3.8, 4) is 11.1 Å². The van der Waals surface area contributed by atoms with Gasteiger partial charge in [-0.3, -0.25) is 0 Å². The minimum Gasteiger partial charge on any atom is -0.308 e. The molecule has 0 bridgehead atoms. The van der Waals surface area contributed by atoms with E-state index in [-0.39, 0.29) is 0 Å². The molecule has 50 heavy (non-hydrogen) atoms. The highest BCUT2D eigenvalue weighted by Crippen LogP contribution is 2.45. The van der Waals surface area contributed by atoms with E-state index in [9.17, 15) is 0 Å². The average molecular weight is 650 g/mol. The number of hydrogen-bond donors (Lipinski definition) is 0. The van der Waals surface area contributed by atoms with E-state index in [0.717, 1.165) is 0 Å². The molecule has 230 valence electrons. The molecule has 2 heteroatoms. The fourth-order valence-electron chi connectivity index (χ4n) is 9.02. The van der Waals surface area contributed by atoms with Crippen LogP contribution in [0, 0.1) is 0 Å². The monoisotopic (exact) mass is 649 g/mol. The summed E-state index contributed by atoms with van der Waals surface area (Å²) in [7, 11) is 0. The van der Waals surface area contributed by atoms with Gasteiger partial charge in [0, 0.05) is 41.7 Å². The molecule has 0 radical (unpaired) electrons. The summed E-state index contributed by atoms with van der Waals surface area (Å²) in [6, 6.07) is 61.3. The number of nitrogens with zero attached hydrogens (tertiary/aromatic N) is 1. The molecule has 12 rings (SSSR count). The summed E-state index contributed by atoms with van der Waals surface area (Å²) in [5, 5.41) is 18.2. The van der Waals surface area contributed by atoms with Crippen LogP contribution in [-0.4, -0.2) is 4.40 Å². The van der Waals surface area contributed by atoms with Crippen molar-refractivity contribution in [1.82, 2.24) is 4.40 Å². The maximum absolute atomic E-state index is 2.53. The highest BCUT2D eigenvalue weighted by molar-refractivity contribution is 7.26. The summed E-state index contributed by atoms with van der Waals surface area (Å²) < 4.78 is 5.21. The van der Waals surface area contributed by atoms with E-state index >= 15 is 0 Å². The van der Waals surface area contributed by atoms with Gasteiger partial charge in [-0.05, 0) is 90.6 Å². The Kier molecular flexibility index (Phi) is 5.18.